The molecule has 0 radical (unpaired) electrons. The van der Waals surface area contributed by atoms with Crippen LogP contribution in [0.1, 0.15) is 12.6 Å². The van der Waals surface area contributed by atoms with Crippen molar-refractivity contribution < 1.29 is 122 Å². The van der Waals surface area contributed by atoms with Crippen molar-refractivity contribution in [1.82, 2.24) is 0 Å². The Morgan fingerprint density at radius 3 is 0.736 bits per heavy atom. The Morgan fingerprint density at radius 1 is 0.339 bits per heavy atom. The van der Waals surface area contributed by atoms with E-state index in [0.29, 0.717) is 26.4 Å². The van der Waals surface area contributed by atoms with E-state index < -0.39 is 42.7 Å². The molecular weight excluding hydrogens is 1930 g/mol. The van der Waals surface area contributed by atoms with Crippen molar-refractivity contribution in [2.24, 2.45) is 9.98 Å². The van der Waals surface area contributed by atoms with Gasteiger partial charge in [-0.1, -0.05) is 411 Å². The zero-order chi connectivity index (χ0) is 82.9. The molecule has 0 N–H and O–H groups in total. The molecule has 17 rings (SSSR count). The van der Waals surface area contributed by atoms with Crippen LogP contribution in [0.3, 0.4) is 0 Å². The number of carbonyl (C=O) groups is 1. The summed E-state index contributed by atoms with van der Waals surface area (Å²) in [5.74, 6) is 0. The van der Waals surface area contributed by atoms with Gasteiger partial charge in [0.2, 0.25) is 0 Å². The Morgan fingerprint density at radius 2 is 0.537 bits per heavy atom. The second-order valence-corrected chi connectivity index (χ2v) is 39.0. The molecule has 0 bridgehead atoms. The van der Waals surface area contributed by atoms with Gasteiger partial charge in [-0.15, -0.1) is 0 Å². The van der Waals surface area contributed by atoms with Gasteiger partial charge >= 0.3 is 70.1 Å². The molecule has 2 aliphatic heterocycles. The first-order chi connectivity index (χ1) is 57.4. The fourth-order valence-corrected chi connectivity index (χ4v) is 23.9. The zero-order valence-electron chi connectivity index (χ0n) is 66.1. The number of rotatable bonds is 14. The first-order valence-electron chi connectivity index (χ1n) is 36.6. The predicted octanol–water partition coefficient (Wildman–Crippen LogP) is 17.6. The molecule has 15 aromatic carbocycles. The van der Waals surface area contributed by atoms with Gasteiger partial charge in [0.25, 0.3) is 6.47 Å². The minimum Gasteiger partial charge on any atom is -1.00 e. The van der Waals surface area contributed by atoms with E-state index >= 15 is 0 Å². The molecule has 0 spiro atoms. The predicted molar refractivity (Wildman–Crippen MR) is 504 cm³/mol. The third-order valence-corrected chi connectivity index (χ3v) is 30.6. The van der Waals surface area contributed by atoms with Crippen LogP contribution in [0.4, 0.5) is 37.7 Å². The van der Waals surface area contributed by atoms with Crippen molar-refractivity contribution in [2.75, 3.05) is 0 Å². The smallest absolute Gasteiger partial charge is 1.00 e. The first kappa shape index (κ1) is 99.8. The number of alkyl halides is 6. The molecule has 0 amide bonds. The Hall–Kier alpha value is -6.67. The molecule has 0 aromatic heterocycles. The third kappa shape index (κ3) is 31.8. The van der Waals surface area contributed by atoms with E-state index in [1.807, 2.05) is 34.7 Å². The summed E-state index contributed by atoms with van der Waals surface area (Å²) in [5, 5.41) is 26.9. The molecule has 0 saturated carbocycles. The van der Waals surface area contributed by atoms with E-state index in [2.05, 4.69) is 379 Å². The topological polar surface area (TPSA) is 74.1 Å². The molecule has 24 heteroatoms. The second kappa shape index (κ2) is 52.3. The van der Waals surface area contributed by atoms with Crippen LogP contribution in [0.5, 0.6) is 0 Å². The fraction of sp³-hybridized carbons (Fsp3) is 0.0412. The van der Waals surface area contributed by atoms with Gasteiger partial charge in [0.15, 0.2) is 0 Å². The Labute approximate surface area is 804 Å². The standard InChI is InChI=1S/4C18H15P.C15H8Cl2F3NS.C9H4ClF3INS.CH2O3.2Na.Pd.H/c4*1-4-10-16(11-5-1)19(17-12-6-2-7-13-17)18-14-8-3-9-15-18;16-10-3-1-8(2-4-10)11-5-9-6-14(22-15(18,19)20)21-13(9)7-12(11)17;10-5-3-7-4(1-6(5)14)2-8(15-7)16-9(11,12)13;2-1-4-3;;;;/h4*1-15H;1-5,7H,6H2;1,3H,2H2;1,3H;;;;/q;;;;;;;2*+1;;-1/p-1. The number of thioether (sulfide) groups is 2. The van der Waals surface area contributed by atoms with Crippen molar-refractivity contribution in [3.63, 3.8) is 0 Å². The quantitative estimate of drug-likeness (QED) is 0.0206. The molecule has 5 nitrogen and oxygen atoms in total. The second-order valence-electron chi connectivity index (χ2n) is 25.4. The maximum atomic E-state index is 12.4. The van der Waals surface area contributed by atoms with Gasteiger partial charge in [-0.05, 0) is 171 Å². The molecule has 604 valence electrons. The average Bonchev–Trinajstić information content (AvgIpc) is 1.68. The largest absolute Gasteiger partial charge is 1.00 e. The van der Waals surface area contributed by atoms with Gasteiger partial charge in [-0.2, -0.15) is 26.3 Å². The van der Waals surface area contributed by atoms with Crippen LogP contribution in [0.15, 0.2) is 422 Å². The number of hydrogen-bond acceptors (Lipinski definition) is 7. The van der Waals surface area contributed by atoms with Crippen molar-refractivity contribution in [2.45, 2.75) is 23.9 Å². The van der Waals surface area contributed by atoms with Gasteiger partial charge in [0.05, 0.1) is 31.5 Å². The van der Waals surface area contributed by atoms with E-state index in [1.54, 1.807) is 36.4 Å². The number of aliphatic imine (C=N–C) groups is 2. The van der Waals surface area contributed by atoms with Gasteiger partial charge in [0.1, 0.15) is 0 Å². The molecule has 0 aliphatic carbocycles. The number of carbonyl (C=O) groups excluding carboxylic acids is 1. The van der Waals surface area contributed by atoms with E-state index in [0.717, 1.165) is 25.8 Å². The summed E-state index contributed by atoms with van der Waals surface area (Å²) >= 11 is 19.7. The van der Waals surface area contributed by atoms with Gasteiger partial charge in [-0.25, -0.2) is 9.98 Å². The molecular formula is C97H74Cl3F6IN2Na2O3P4PdS2. The summed E-state index contributed by atoms with van der Waals surface area (Å²) in [6.45, 7) is -0.181. The Kier molecular flexibility index (Phi) is 43.1. The average molecular weight is 2000 g/mol. The maximum Gasteiger partial charge on any atom is 1.00 e. The third-order valence-electron chi connectivity index (χ3n) is 17.3. The van der Waals surface area contributed by atoms with Crippen LogP contribution in [0.2, 0.25) is 15.1 Å². The molecule has 121 heavy (non-hydrogen) atoms. The molecule has 0 atom stereocenters. The number of hydrogen-bond donors (Lipinski definition) is 0. The maximum absolute atomic E-state index is 12.4. The van der Waals surface area contributed by atoms with Crippen LogP contribution in [0.25, 0.3) is 11.1 Å². The SMILES string of the molecule is FC(F)(F)SC1=Nc2cc(Cl)c(-c3ccc(Cl)cc3)cc2C1.FC(F)(F)SC1=Nc2cc(Cl)c(I)cc2C1.O=CO[O-].[H-].[Na+].[Na+].[Pd].c1ccc(P(c2ccccc2)c2ccccc2)cc1.c1ccc(P(c2ccccc2)c2ccccc2)cc1.c1ccc(P(c2ccccc2)c2ccccc2)cc1.c1ccc(P(c2ccccc2)c2ccccc2)cc1. The molecule has 0 fully saturated rings. The fourth-order valence-electron chi connectivity index (χ4n) is 12.3. The van der Waals surface area contributed by atoms with Crippen LogP contribution in [0, 0.1) is 3.57 Å². The summed E-state index contributed by atoms with van der Waals surface area (Å²) in [4.78, 5) is 19.2. The zero-order valence-corrected chi connectivity index (χ0v) is 80.3. The minimum absolute atomic E-state index is 0. The number of benzene rings is 15. The van der Waals surface area contributed by atoms with Gasteiger partial charge in [-0.3, -0.25) is 4.79 Å². The van der Waals surface area contributed by atoms with Crippen LogP contribution in [-0.4, -0.2) is 27.6 Å². The van der Waals surface area contributed by atoms with E-state index in [1.165, 1.54) is 63.7 Å². The summed E-state index contributed by atoms with van der Waals surface area (Å²) in [5.41, 5.74) is -4.44. The summed E-state index contributed by atoms with van der Waals surface area (Å²) < 4.78 is 74.6. The summed E-state index contributed by atoms with van der Waals surface area (Å²) in [7, 11) is -1.78. The van der Waals surface area contributed by atoms with Gasteiger partial charge in [0, 0.05) is 70.9 Å². The molecule has 0 saturated heterocycles. The molecule has 2 aliphatic rings. The van der Waals surface area contributed by atoms with Crippen molar-refractivity contribution >= 4 is 204 Å². The molecule has 2 heterocycles. The first-order valence-corrected chi connectivity index (χ1v) is 45.9. The van der Waals surface area contributed by atoms with Crippen molar-refractivity contribution in [3.8, 4) is 11.1 Å². The summed E-state index contributed by atoms with van der Waals surface area (Å²) in [6, 6.07) is 143. The van der Waals surface area contributed by atoms with Crippen LogP contribution in [-0.2, 0) is 42.9 Å². The number of fused-ring (bicyclic) bond motifs is 2. The monoisotopic (exact) mass is 2000 g/mol. The van der Waals surface area contributed by atoms with Gasteiger partial charge < -0.3 is 11.6 Å². The van der Waals surface area contributed by atoms with Crippen molar-refractivity contribution in [1.29, 1.82) is 0 Å². The molecule has 15 aromatic rings. The Balaban J connectivity index is 0.000000199. The number of halogens is 10. The Bertz CT molecular complexity index is 4790. The minimum atomic E-state index is -4.33. The molecule has 0 unspecified atom stereocenters. The van der Waals surface area contributed by atoms with Crippen LogP contribution < -0.4 is 128 Å². The van der Waals surface area contributed by atoms with E-state index in [-0.39, 0.29) is 134 Å². The van der Waals surface area contributed by atoms with Crippen molar-refractivity contribution in [3.05, 3.63) is 442 Å². The van der Waals surface area contributed by atoms with E-state index in [4.69, 9.17) is 44.9 Å². The van der Waals surface area contributed by atoms with E-state index in [9.17, 15) is 26.3 Å². The number of nitrogens with zero attached hydrogens (tertiary/aromatic N) is 2. The van der Waals surface area contributed by atoms with Crippen LogP contribution >= 0.6 is 113 Å². The normalized spacial score (nSPS) is 11.3. The summed E-state index contributed by atoms with van der Waals surface area (Å²) in [6.07, 6.45) is 0.393.